The van der Waals surface area contributed by atoms with Crippen LogP contribution in [-0.2, 0) is 14.3 Å². The largest absolute Gasteiger partial charge is 0.478 e. The Morgan fingerprint density at radius 2 is 2.20 bits per heavy atom. The number of carboxylic acid groups (broad SMARTS) is 1. The molecule has 6 nitrogen and oxygen atoms in total. The second kappa shape index (κ2) is 5.47. The van der Waals surface area contributed by atoms with Crippen LogP contribution < -0.4 is 0 Å². The number of carbonyl (C=O) groups is 2. The van der Waals surface area contributed by atoms with Crippen molar-refractivity contribution in [1.29, 1.82) is 0 Å². The molecule has 0 bridgehead atoms. The number of carboxylic acids is 1. The van der Waals surface area contributed by atoms with Crippen LogP contribution in [0.3, 0.4) is 0 Å². The van der Waals surface area contributed by atoms with Gasteiger partial charge in [-0.25, -0.2) is 4.79 Å². The highest BCUT2D eigenvalue weighted by molar-refractivity contribution is 5.93. The third-order valence-electron chi connectivity index (χ3n) is 2.02. The zero-order chi connectivity index (χ0) is 11.3. The molecule has 0 saturated carbocycles. The number of aliphatic carboxylic acids is 1. The first-order valence-corrected chi connectivity index (χ1v) is 4.56. The summed E-state index contributed by atoms with van der Waals surface area (Å²) in [6, 6.07) is 0. The van der Waals surface area contributed by atoms with Crippen molar-refractivity contribution in [3.63, 3.8) is 0 Å². The molecule has 15 heavy (non-hydrogen) atoms. The molecule has 0 radical (unpaired) electrons. The van der Waals surface area contributed by atoms with E-state index in [1.165, 1.54) is 4.90 Å². The molecule has 1 aliphatic heterocycles. The molecule has 1 atom stereocenters. The lowest BCUT2D eigenvalue weighted by molar-refractivity contribution is -0.136. The minimum atomic E-state index is -1.16. The number of morpholine rings is 1. The highest BCUT2D eigenvalue weighted by Crippen LogP contribution is 2.05. The van der Waals surface area contributed by atoms with Crippen molar-refractivity contribution in [2.24, 2.45) is 0 Å². The first-order chi connectivity index (χ1) is 7.13. The van der Waals surface area contributed by atoms with Gasteiger partial charge in [0.2, 0.25) is 5.91 Å². The van der Waals surface area contributed by atoms with E-state index in [1.807, 2.05) is 0 Å². The molecule has 0 aromatic heterocycles. The third kappa shape index (κ3) is 3.69. The Hall–Kier alpha value is -1.40. The highest BCUT2D eigenvalue weighted by atomic mass is 16.5. The van der Waals surface area contributed by atoms with E-state index >= 15 is 0 Å². The molecule has 2 N–H and O–H groups in total. The summed E-state index contributed by atoms with van der Waals surface area (Å²) in [6.07, 6.45) is 1.43. The second-order valence-electron chi connectivity index (χ2n) is 3.13. The van der Waals surface area contributed by atoms with E-state index in [-0.39, 0.29) is 18.6 Å². The van der Waals surface area contributed by atoms with Crippen LogP contribution in [0.4, 0.5) is 0 Å². The van der Waals surface area contributed by atoms with Crippen molar-refractivity contribution in [3.05, 3.63) is 12.2 Å². The van der Waals surface area contributed by atoms with Gasteiger partial charge in [-0.2, -0.15) is 0 Å². The van der Waals surface area contributed by atoms with Crippen LogP contribution in [0.1, 0.15) is 0 Å². The van der Waals surface area contributed by atoms with Crippen LogP contribution in [0.2, 0.25) is 0 Å². The zero-order valence-electron chi connectivity index (χ0n) is 8.13. The Labute approximate surface area is 86.7 Å². The number of ether oxygens (including phenoxy) is 1. The van der Waals surface area contributed by atoms with Gasteiger partial charge in [0, 0.05) is 25.2 Å². The predicted molar refractivity (Wildman–Crippen MR) is 50.2 cm³/mol. The maximum Gasteiger partial charge on any atom is 0.328 e. The molecular weight excluding hydrogens is 202 g/mol. The van der Waals surface area contributed by atoms with Crippen LogP contribution in [-0.4, -0.2) is 59.4 Å². The highest BCUT2D eigenvalue weighted by Gasteiger charge is 2.22. The molecule has 0 aromatic rings. The van der Waals surface area contributed by atoms with Crippen LogP contribution >= 0.6 is 0 Å². The molecule has 1 saturated heterocycles. The van der Waals surface area contributed by atoms with Crippen LogP contribution in [0, 0.1) is 0 Å². The second-order valence-corrected chi connectivity index (χ2v) is 3.13. The molecule has 1 rings (SSSR count). The maximum atomic E-state index is 11.4. The first-order valence-electron chi connectivity index (χ1n) is 4.56. The Bertz CT molecular complexity index is 276. The topological polar surface area (TPSA) is 87.1 Å². The molecular formula is C9H13NO5. The quantitative estimate of drug-likeness (QED) is 0.580. The van der Waals surface area contributed by atoms with Gasteiger partial charge in [-0.05, 0) is 0 Å². The number of nitrogens with zero attached hydrogens (tertiary/aromatic N) is 1. The van der Waals surface area contributed by atoms with Gasteiger partial charge in [0.1, 0.15) is 0 Å². The van der Waals surface area contributed by atoms with Crippen molar-refractivity contribution >= 4 is 11.9 Å². The van der Waals surface area contributed by atoms with E-state index < -0.39 is 5.97 Å². The fraction of sp³-hybridized carbons (Fsp3) is 0.556. The first kappa shape index (κ1) is 11.7. The molecule has 0 aromatic carbocycles. The molecule has 1 aliphatic rings. The predicted octanol–water partition coefficient (Wildman–Crippen LogP) is -1.15. The van der Waals surface area contributed by atoms with Crippen molar-refractivity contribution in [2.75, 3.05) is 26.3 Å². The smallest absolute Gasteiger partial charge is 0.328 e. The summed E-state index contributed by atoms with van der Waals surface area (Å²) in [6.45, 7) is 0.920. The number of aliphatic hydroxyl groups excluding tert-OH is 1. The normalized spacial score (nSPS) is 21.9. The lowest BCUT2D eigenvalue weighted by Gasteiger charge is -2.31. The van der Waals surface area contributed by atoms with Gasteiger partial charge >= 0.3 is 5.97 Å². The van der Waals surface area contributed by atoms with Crippen LogP contribution in [0.25, 0.3) is 0 Å². The van der Waals surface area contributed by atoms with Crippen molar-refractivity contribution in [3.8, 4) is 0 Å². The number of carbonyl (C=O) groups excluding carboxylic acids is 1. The molecule has 1 heterocycles. The fourth-order valence-corrected chi connectivity index (χ4v) is 1.28. The molecule has 84 valence electrons. The van der Waals surface area contributed by atoms with Crippen LogP contribution in [0.5, 0.6) is 0 Å². The van der Waals surface area contributed by atoms with Crippen LogP contribution in [0.15, 0.2) is 12.2 Å². The van der Waals surface area contributed by atoms with Crippen molar-refractivity contribution < 1.29 is 24.5 Å². The standard InChI is InChI=1S/C9H13NO5/c11-6-7-5-10(3-4-15-7)8(12)1-2-9(13)14/h1-2,7,11H,3-6H2,(H,13,14)/b2-1+. The SMILES string of the molecule is O=C(O)/C=C/C(=O)N1CCOC(CO)C1. The summed E-state index contributed by atoms with van der Waals surface area (Å²) < 4.78 is 5.15. The van der Waals surface area contributed by atoms with Gasteiger partial charge < -0.3 is 19.8 Å². The maximum absolute atomic E-state index is 11.4. The molecule has 1 fully saturated rings. The third-order valence-corrected chi connectivity index (χ3v) is 2.02. The molecule has 0 aliphatic carbocycles. The van der Waals surface area contributed by atoms with Gasteiger partial charge in [0.15, 0.2) is 0 Å². The van der Waals surface area contributed by atoms with Gasteiger partial charge in [-0.15, -0.1) is 0 Å². The number of amides is 1. The Morgan fingerprint density at radius 1 is 1.47 bits per heavy atom. The summed E-state index contributed by atoms with van der Waals surface area (Å²) in [5, 5.41) is 17.2. The minimum absolute atomic E-state index is 0.146. The summed E-state index contributed by atoms with van der Waals surface area (Å²) in [5.41, 5.74) is 0. The number of aliphatic hydroxyl groups is 1. The molecule has 6 heteroatoms. The van der Waals surface area contributed by atoms with E-state index in [1.54, 1.807) is 0 Å². The van der Waals surface area contributed by atoms with E-state index in [0.717, 1.165) is 12.2 Å². The lowest BCUT2D eigenvalue weighted by Crippen LogP contribution is -2.46. The summed E-state index contributed by atoms with van der Waals surface area (Å²) >= 11 is 0. The summed E-state index contributed by atoms with van der Waals surface area (Å²) in [5.74, 6) is -1.53. The average Bonchev–Trinajstić information content (AvgIpc) is 2.26. The van der Waals surface area contributed by atoms with Crippen molar-refractivity contribution in [2.45, 2.75) is 6.10 Å². The van der Waals surface area contributed by atoms with E-state index in [2.05, 4.69) is 0 Å². The van der Waals surface area contributed by atoms with Gasteiger partial charge in [0.25, 0.3) is 0 Å². The molecule has 0 spiro atoms. The van der Waals surface area contributed by atoms with E-state index in [4.69, 9.17) is 14.9 Å². The van der Waals surface area contributed by atoms with Gasteiger partial charge in [-0.1, -0.05) is 0 Å². The minimum Gasteiger partial charge on any atom is -0.478 e. The summed E-state index contributed by atoms with van der Waals surface area (Å²) in [4.78, 5) is 23.0. The van der Waals surface area contributed by atoms with Crippen molar-refractivity contribution in [1.82, 2.24) is 4.90 Å². The monoisotopic (exact) mass is 215 g/mol. The Morgan fingerprint density at radius 3 is 2.80 bits per heavy atom. The number of rotatable bonds is 3. The molecule has 1 unspecified atom stereocenters. The molecule has 1 amide bonds. The van der Waals surface area contributed by atoms with Gasteiger partial charge in [0.05, 0.1) is 19.3 Å². The lowest BCUT2D eigenvalue weighted by atomic mass is 10.2. The Kier molecular flexibility index (Phi) is 4.26. The Balaban J connectivity index is 2.48. The number of hydrogen-bond acceptors (Lipinski definition) is 4. The number of hydrogen-bond donors (Lipinski definition) is 2. The average molecular weight is 215 g/mol. The summed E-state index contributed by atoms with van der Waals surface area (Å²) in [7, 11) is 0. The van der Waals surface area contributed by atoms with E-state index in [9.17, 15) is 9.59 Å². The van der Waals surface area contributed by atoms with Gasteiger partial charge in [-0.3, -0.25) is 4.79 Å². The zero-order valence-corrected chi connectivity index (χ0v) is 8.13. The fourth-order valence-electron chi connectivity index (χ4n) is 1.28. The van der Waals surface area contributed by atoms with E-state index in [0.29, 0.717) is 19.7 Å².